The predicted octanol–water partition coefficient (Wildman–Crippen LogP) is 4.04. The number of hydrogen-bond acceptors (Lipinski definition) is 5. The van der Waals surface area contributed by atoms with E-state index in [0.717, 1.165) is 0 Å². The van der Waals surface area contributed by atoms with Crippen molar-refractivity contribution >= 4 is 40.8 Å². The number of carbonyl (C=O) groups is 1. The molecule has 0 aliphatic carbocycles. The number of rotatable bonds is 5. The van der Waals surface area contributed by atoms with Gasteiger partial charge in [0.2, 0.25) is 12.1 Å². The van der Waals surface area contributed by atoms with Crippen LogP contribution in [0.2, 0.25) is 10.0 Å². The molecule has 154 valence electrons. The highest BCUT2D eigenvalue weighted by atomic mass is 35.5. The number of halogens is 4. The fourth-order valence-corrected chi connectivity index (χ4v) is 3.38. The Morgan fingerprint density at radius 1 is 1.23 bits per heavy atom. The number of hydrogen-bond donors (Lipinski definition) is 1. The zero-order valence-corrected chi connectivity index (χ0v) is 16.7. The lowest BCUT2D eigenvalue weighted by Crippen LogP contribution is -2.28. The maximum Gasteiger partial charge on any atom is 0.271 e. The van der Waals surface area contributed by atoms with E-state index in [4.69, 9.17) is 28.0 Å². The second-order valence-electron chi connectivity index (χ2n) is 6.42. The number of carbonyl (C=O) groups excluding carboxylic acids is 1. The lowest BCUT2D eigenvalue weighted by atomic mass is 10.0. The smallest absolute Gasteiger partial charge is 0.271 e. The van der Waals surface area contributed by atoms with Crippen molar-refractivity contribution in [2.24, 2.45) is 5.16 Å². The average molecular weight is 452 g/mol. The maximum atomic E-state index is 14.0. The molecule has 4 rings (SSSR count). The Bertz CT molecular complexity index is 1130. The van der Waals surface area contributed by atoms with E-state index in [-0.39, 0.29) is 40.2 Å². The van der Waals surface area contributed by atoms with E-state index in [1.165, 1.54) is 47.4 Å². The third kappa shape index (κ3) is 4.27. The second kappa shape index (κ2) is 8.37. The molecule has 30 heavy (non-hydrogen) atoms. The molecule has 11 heteroatoms. The van der Waals surface area contributed by atoms with E-state index >= 15 is 0 Å². The van der Waals surface area contributed by atoms with Gasteiger partial charge in [0.1, 0.15) is 18.0 Å². The van der Waals surface area contributed by atoms with Crippen LogP contribution in [0.3, 0.4) is 0 Å². The minimum absolute atomic E-state index is 0.0401. The number of anilines is 1. The molecule has 0 fully saturated rings. The van der Waals surface area contributed by atoms with Crippen LogP contribution in [-0.2, 0) is 16.2 Å². The summed E-state index contributed by atoms with van der Waals surface area (Å²) in [5.41, 5.74) is 0.982. The molecule has 0 radical (unpaired) electrons. The topological polar surface area (TPSA) is 81.4 Å². The van der Waals surface area contributed by atoms with Gasteiger partial charge < -0.3 is 4.84 Å². The Hall–Kier alpha value is -3.04. The van der Waals surface area contributed by atoms with E-state index < -0.39 is 23.6 Å². The molecule has 0 spiro atoms. The molecule has 2 heterocycles. The number of benzene rings is 2. The summed E-state index contributed by atoms with van der Waals surface area (Å²) in [5, 5.41) is 10.9. The Labute approximate surface area is 179 Å². The van der Waals surface area contributed by atoms with Crippen LogP contribution < -0.4 is 5.32 Å². The first-order chi connectivity index (χ1) is 14.4. The third-order valence-electron chi connectivity index (χ3n) is 4.33. The third-order valence-corrected chi connectivity index (χ3v) is 5.00. The van der Waals surface area contributed by atoms with Gasteiger partial charge in [0.05, 0.1) is 22.8 Å². The highest BCUT2D eigenvalue weighted by molar-refractivity contribution is 6.34. The van der Waals surface area contributed by atoms with Gasteiger partial charge in [-0.2, -0.15) is 0 Å². The van der Waals surface area contributed by atoms with Crippen molar-refractivity contribution in [2.75, 3.05) is 5.32 Å². The van der Waals surface area contributed by atoms with Crippen molar-refractivity contribution < 1.29 is 18.4 Å². The van der Waals surface area contributed by atoms with Crippen LogP contribution in [0.5, 0.6) is 0 Å². The van der Waals surface area contributed by atoms with Gasteiger partial charge in [-0.15, -0.1) is 5.10 Å². The first-order valence-electron chi connectivity index (χ1n) is 8.72. The summed E-state index contributed by atoms with van der Waals surface area (Å²) < 4.78 is 28.6. The first-order valence-corrected chi connectivity index (χ1v) is 9.47. The molecule has 1 aliphatic rings. The summed E-state index contributed by atoms with van der Waals surface area (Å²) in [6, 6.07) is 8.28. The predicted molar refractivity (Wildman–Crippen MR) is 107 cm³/mol. The monoisotopic (exact) mass is 451 g/mol. The number of oxime groups is 1. The van der Waals surface area contributed by atoms with Crippen molar-refractivity contribution in [3.63, 3.8) is 0 Å². The fraction of sp³-hybridized carbons (Fsp3) is 0.158. The van der Waals surface area contributed by atoms with Gasteiger partial charge in [0.25, 0.3) is 5.91 Å². The largest absolute Gasteiger partial charge is 0.382 e. The van der Waals surface area contributed by atoms with Crippen LogP contribution in [0.1, 0.15) is 17.5 Å². The number of nitrogens with one attached hydrogen (secondary N) is 1. The van der Waals surface area contributed by atoms with Gasteiger partial charge >= 0.3 is 0 Å². The molecule has 1 unspecified atom stereocenters. The molecular formula is C19H13Cl2F2N5O2. The van der Waals surface area contributed by atoms with Crippen molar-refractivity contribution in [1.82, 2.24) is 14.8 Å². The summed E-state index contributed by atoms with van der Waals surface area (Å²) >= 11 is 12.0. The van der Waals surface area contributed by atoms with E-state index in [1.54, 1.807) is 0 Å². The molecule has 0 saturated carbocycles. The normalized spacial score (nSPS) is 15.6. The maximum absolute atomic E-state index is 14.0. The highest BCUT2D eigenvalue weighted by Gasteiger charge is 2.31. The molecule has 2 aromatic carbocycles. The van der Waals surface area contributed by atoms with E-state index in [1.807, 2.05) is 0 Å². The quantitative estimate of drug-likeness (QED) is 0.634. The number of amides is 1. The molecule has 1 amide bonds. The molecule has 0 saturated heterocycles. The minimum atomic E-state index is -0.978. The molecule has 3 aromatic rings. The summed E-state index contributed by atoms with van der Waals surface area (Å²) in [5.74, 6) is -1.49. The minimum Gasteiger partial charge on any atom is -0.382 e. The molecule has 1 N–H and O–H groups in total. The SMILES string of the molecule is O=C(Nc1ncn(Cc2ccc(F)cc2Cl)n1)C1CC(c2c(F)cccc2Cl)=NO1. The Kier molecular flexibility index (Phi) is 5.65. The molecular weight excluding hydrogens is 439 g/mol. The lowest BCUT2D eigenvalue weighted by Gasteiger charge is -2.07. The summed E-state index contributed by atoms with van der Waals surface area (Å²) in [6.07, 6.45) is 0.457. The Morgan fingerprint density at radius 3 is 2.83 bits per heavy atom. The molecule has 1 aromatic heterocycles. The van der Waals surface area contributed by atoms with Gasteiger partial charge in [0.15, 0.2) is 0 Å². The summed E-state index contributed by atoms with van der Waals surface area (Å²) in [6.45, 7) is 0.237. The van der Waals surface area contributed by atoms with Crippen LogP contribution in [0.4, 0.5) is 14.7 Å². The van der Waals surface area contributed by atoms with Gasteiger partial charge in [0, 0.05) is 11.4 Å². The van der Waals surface area contributed by atoms with Crippen molar-refractivity contribution in [2.45, 2.75) is 19.1 Å². The molecule has 1 aliphatic heterocycles. The van der Waals surface area contributed by atoms with Gasteiger partial charge in [-0.1, -0.05) is 40.5 Å². The second-order valence-corrected chi connectivity index (χ2v) is 7.24. The van der Waals surface area contributed by atoms with E-state index in [0.29, 0.717) is 5.56 Å². The standard InChI is InChI=1S/C19H13Cl2F2N5O2/c20-12-2-1-3-14(23)17(12)15-7-16(30-27-15)18(29)25-19-24-9-28(26-19)8-10-4-5-11(22)6-13(10)21/h1-6,9,16H,7-8H2,(H,25,26,29). The van der Waals surface area contributed by atoms with Crippen LogP contribution in [-0.4, -0.2) is 32.5 Å². The molecule has 0 bridgehead atoms. The number of aromatic nitrogens is 3. The number of nitrogens with zero attached hydrogens (tertiary/aromatic N) is 4. The van der Waals surface area contributed by atoms with Gasteiger partial charge in [-0.25, -0.2) is 18.4 Å². The van der Waals surface area contributed by atoms with Crippen molar-refractivity contribution in [1.29, 1.82) is 0 Å². The fourth-order valence-electron chi connectivity index (χ4n) is 2.88. The van der Waals surface area contributed by atoms with E-state index in [9.17, 15) is 13.6 Å². The first kappa shape index (κ1) is 20.2. The van der Waals surface area contributed by atoms with Crippen LogP contribution in [0.15, 0.2) is 47.9 Å². The van der Waals surface area contributed by atoms with Crippen LogP contribution >= 0.6 is 23.2 Å². The zero-order chi connectivity index (χ0) is 21.3. The molecule has 1 atom stereocenters. The van der Waals surface area contributed by atoms with Crippen LogP contribution in [0, 0.1) is 11.6 Å². The Balaban J connectivity index is 1.38. The zero-order valence-electron chi connectivity index (χ0n) is 15.2. The average Bonchev–Trinajstić information content (AvgIpc) is 3.34. The lowest BCUT2D eigenvalue weighted by molar-refractivity contribution is -0.125. The van der Waals surface area contributed by atoms with E-state index in [2.05, 4.69) is 20.6 Å². The van der Waals surface area contributed by atoms with Gasteiger partial charge in [-0.3, -0.25) is 10.1 Å². The Morgan fingerprint density at radius 2 is 2.07 bits per heavy atom. The summed E-state index contributed by atoms with van der Waals surface area (Å²) in [7, 11) is 0. The highest BCUT2D eigenvalue weighted by Crippen LogP contribution is 2.26. The van der Waals surface area contributed by atoms with Crippen LogP contribution in [0.25, 0.3) is 0 Å². The van der Waals surface area contributed by atoms with Gasteiger partial charge in [-0.05, 0) is 29.8 Å². The summed E-state index contributed by atoms with van der Waals surface area (Å²) in [4.78, 5) is 21.6. The molecule has 7 nitrogen and oxygen atoms in total. The van der Waals surface area contributed by atoms with Crippen molar-refractivity contribution in [3.8, 4) is 0 Å². The van der Waals surface area contributed by atoms with Crippen molar-refractivity contribution in [3.05, 3.63) is 75.5 Å².